The first-order chi connectivity index (χ1) is 10.3. The van der Waals surface area contributed by atoms with Crippen LogP contribution >= 0.6 is 15.9 Å². The summed E-state index contributed by atoms with van der Waals surface area (Å²) < 4.78 is 0.615. The molecule has 0 fully saturated rings. The van der Waals surface area contributed by atoms with Crippen molar-refractivity contribution in [1.82, 2.24) is 9.97 Å². The predicted molar refractivity (Wildman–Crippen MR) is 90.2 cm³/mol. The maximum absolute atomic E-state index is 4.63. The van der Waals surface area contributed by atoms with Crippen LogP contribution in [0.1, 0.15) is 0 Å². The topological polar surface area (TPSA) is 25.8 Å². The van der Waals surface area contributed by atoms with Crippen molar-refractivity contribution in [3.8, 4) is 11.3 Å². The molecule has 3 aromatic carbocycles. The van der Waals surface area contributed by atoms with Crippen molar-refractivity contribution >= 4 is 37.6 Å². The average Bonchev–Trinajstić information content (AvgIpc) is 2.53. The van der Waals surface area contributed by atoms with Crippen LogP contribution in [0.2, 0.25) is 0 Å². The summed E-state index contributed by atoms with van der Waals surface area (Å²) in [6.45, 7) is 0. The van der Waals surface area contributed by atoms with Gasteiger partial charge in [0.15, 0.2) is 4.73 Å². The van der Waals surface area contributed by atoms with Gasteiger partial charge in [-0.2, -0.15) is 0 Å². The van der Waals surface area contributed by atoms with Gasteiger partial charge in [-0.05, 0) is 32.8 Å². The number of fused-ring (bicyclic) bond motifs is 2. The minimum absolute atomic E-state index is 0.615. The summed E-state index contributed by atoms with van der Waals surface area (Å²) in [5.74, 6) is 0. The minimum Gasteiger partial charge on any atom is -0.222 e. The molecule has 4 rings (SSSR count). The fourth-order valence-corrected chi connectivity index (χ4v) is 3.05. The zero-order chi connectivity index (χ0) is 14.2. The van der Waals surface area contributed by atoms with E-state index in [9.17, 15) is 0 Å². The monoisotopic (exact) mass is 334 g/mol. The molecule has 0 saturated carbocycles. The Balaban J connectivity index is 2.14. The number of benzene rings is 3. The molecule has 0 saturated heterocycles. The van der Waals surface area contributed by atoms with E-state index >= 15 is 0 Å². The van der Waals surface area contributed by atoms with Crippen molar-refractivity contribution in [3.63, 3.8) is 0 Å². The number of aromatic nitrogens is 2. The van der Waals surface area contributed by atoms with Gasteiger partial charge in [0.25, 0.3) is 0 Å². The second kappa shape index (κ2) is 4.93. The normalized spacial score (nSPS) is 11.1. The Kier molecular flexibility index (Phi) is 2.93. The molecule has 0 aliphatic rings. The molecule has 0 N–H and O–H groups in total. The SMILES string of the molecule is Brc1nc(-c2cccc3ccccc23)c2ccccc2n1. The fourth-order valence-electron chi connectivity index (χ4n) is 2.69. The molecule has 0 atom stereocenters. The Hall–Kier alpha value is -2.26. The highest BCUT2D eigenvalue weighted by Crippen LogP contribution is 2.32. The van der Waals surface area contributed by atoms with Crippen LogP contribution in [-0.2, 0) is 0 Å². The third-order valence-electron chi connectivity index (χ3n) is 3.62. The lowest BCUT2D eigenvalue weighted by atomic mass is 9.99. The Morgan fingerprint density at radius 2 is 1.38 bits per heavy atom. The molecule has 0 unspecified atom stereocenters. The highest BCUT2D eigenvalue weighted by Gasteiger charge is 2.10. The van der Waals surface area contributed by atoms with Crippen molar-refractivity contribution in [2.24, 2.45) is 0 Å². The molecule has 100 valence electrons. The Morgan fingerprint density at radius 1 is 0.667 bits per heavy atom. The molecule has 2 nitrogen and oxygen atoms in total. The summed E-state index contributed by atoms with van der Waals surface area (Å²) in [5.41, 5.74) is 3.04. The molecular formula is C18H11BrN2. The van der Waals surface area contributed by atoms with Crippen LogP contribution in [0.15, 0.2) is 71.5 Å². The molecule has 4 aromatic rings. The minimum atomic E-state index is 0.615. The average molecular weight is 335 g/mol. The van der Waals surface area contributed by atoms with Gasteiger partial charge in [0.05, 0.1) is 11.2 Å². The van der Waals surface area contributed by atoms with E-state index in [2.05, 4.69) is 74.4 Å². The van der Waals surface area contributed by atoms with Gasteiger partial charge < -0.3 is 0 Å². The highest BCUT2D eigenvalue weighted by molar-refractivity contribution is 9.10. The largest absolute Gasteiger partial charge is 0.222 e. The summed E-state index contributed by atoms with van der Waals surface area (Å²) in [6.07, 6.45) is 0. The van der Waals surface area contributed by atoms with Crippen LogP contribution in [0, 0.1) is 0 Å². The Morgan fingerprint density at radius 3 is 2.29 bits per heavy atom. The Labute approximate surface area is 130 Å². The fraction of sp³-hybridized carbons (Fsp3) is 0. The molecule has 21 heavy (non-hydrogen) atoms. The second-order valence-corrected chi connectivity index (χ2v) is 5.59. The zero-order valence-electron chi connectivity index (χ0n) is 11.1. The molecule has 0 amide bonds. The number of rotatable bonds is 1. The number of nitrogens with zero attached hydrogens (tertiary/aromatic N) is 2. The van der Waals surface area contributed by atoms with Gasteiger partial charge in [0.2, 0.25) is 0 Å². The second-order valence-electron chi connectivity index (χ2n) is 4.89. The van der Waals surface area contributed by atoms with E-state index in [0.29, 0.717) is 4.73 Å². The van der Waals surface area contributed by atoms with E-state index in [1.807, 2.05) is 18.2 Å². The molecule has 1 heterocycles. The van der Waals surface area contributed by atoms with Gasteiger partial charge in [-0.1, -0.05) is 60.7 Å². The lowest BCUT2D eigenvalue weighted by Crippen LogP contribution is -1.92. The summed E-state index contributed by atoms with van der Waals surface area (Å²) >= 11 is 3.42. The Bertz CT molecular complexity index is 958. The van der Waals surface area contributed by atoms with E-state index in [4.69, 9.17) is 0 Å². The molecular weight excluding hydrogens is 324 g/mol. The van der Waals surface area contributed by atoms with E-state index in [-0.39, 0.29) is 0 Å². The highest BCUT2D eigenvalue weighted by atomic mass is 79.9. The van der Waals surface area contributed by atoms with Crippen LogP contribution in [0.25, 0.3) is 32.9 Å². The van der Waals surface area contributed by atoms with Crippen LogP contribution < -0.4 is 0 Å². The molecule has 1 aromatic heterocycles. The first-order valence-corrected chi connectivity index (χ1v) is 7.53. The molecule has 0 aliphatic heterocycles. The van der Waals surface area contributed by atoms with Crippen molar-refractivity contribution in [3.05, 3.63) is 71.5 Å². The summed E-state index contributed by atoms with van der Waals surface area (Å²) in [5, 5.41) is 3.49. The number of hydrogen-bond acceptors (Lipinski definition) is 2. The van der Waals surface area contributed by atoms with Gasteiger partial charge >= 0.3 is 0 Å². The number of halogens is 1. The maximum atomic E-state index is 4.63. The summed E-state index contributed by atoms with van der Waals surface area (Å²) in [4.78, 5) is 9.07. The number of para-hydroxylation sites is 1. The standard InChI is InChI=1S/C18H11BrN2/c19-18-20-16-11-4-3-9-15(16)17(21-18)14-10-5-7-12-6-1-2-8-13(12)14/h1-11H. The number of hydrogen-bond donors (Lipinski definition) is 0. The third-order valence-corrected chi connectivity index (χ3v) is 3.98. The first-order valence-electron chi connectivity index (χ1n) is 6.73. The van der Waals surface area contributed by atoms with E-state index in [1.54, 1.807) is 0 Å². The molecule has 0 bridgehead atoms. The van der Waals surface area contributed by atoms with Gasteiger partial charge in [-0.25, -0.2) is 9.97 Å². The predicted octanol–water partition coefficient (Wildman–Crippen LogP) is 5.21. The quantitative estimate of drug-likeness (QED) is 0.446. The van der Waals surface area contributed by atoms with Gasteiger partial charge in [0.1, 0.15) is 0 Å². The van der Waals surface area contributed by atoms with Crippen LogP contribution in [0.5, 0.6) is 0 Å². The van der Waals surface area contributed by atoms with Crippen molar-refractivity contribution in [2.75, 3.05) is 0 Å². The van der Waals surface area contributed by atoms with Gasteiger partial charge in [0, 0.05) is 10.9 Å². The van der Waals surface area contributed by atoms with E-state index in [0.717, 1.165) is 22.2 Å². The molecule has 0 radical (unpaired) electrons. The zero-order valence-corrected chi connectivity index (χ0v) is 12.7. The smallest absolute Gasteiger partial charge is 0.197 e. The van der Waals surface area contributed by atoms with Crippen LogP contribution in [-0.4, -0.2) is 9.97 Å². The summed E-state index contributed by atoms with van der Waals surface area (Å²) in [7, 11) is 0. The molecule has 0 spiro atoms. The van der Waals surface area contributed by atoms with Crippen LogP contribution in [0.3, 0.4) is 0 Å². The first kappa shape index (κ1) is 12.5. The summed E-state index contributed by atoms with van der Waals surface area (Å²) in [6, 6.07) is 22.8. The van der Waals surface area contributed by atoms with Crippen molar-refractivity contribution < 1.29 is 0 Å². The van der Waals surface area contributed by atoms with Gasteiger partial charge in [-0.3, -0.25) is 0 Å². The molecule has 3 heteroatoms. The molecule has 0 aliphatic carbocycles. The third kappa shape index (κ3) is 2.10. The lowest BCUT2D eigenvalue weighted by molar-refractivity contribution is 1.17. The van der Waals surface area contributed by atoms with E-state index in [1.165, 1.54) is 10.8 Å². The maximum Gasteiger partial charge on any atom is 0.197 e. The van der Waals surface area contributed by atoms with Crippen molar-refractivity contribution in [1.29, 1.82) is 0 Å². The van der Waals surface area contributed by atoms with Crippen LogP contribution in [0.4, 0.5) is 0 Å². The van der Waals surface area contributed by atoms with E-state index < -0.39 is 0 Å². The lowest BCUT2D eigenvalue weighted by Gasteiger charge is -2.09. The van der Waals surface area contributed by atoms with Gasteiger partial charge in [-0.15, -0.1) is 0 Å². The van der Waals surface area contributed by atoms with Crippen molar-refractivity contribution in [2.45, 2.75) is 0 Å².